The zero-order valence-corrected chi connectivity index (χ0v) is 13.4. The molecule has 2 atom stereocenters. The normalized spacial score (nSPS) is 22.3. The molecule has 0 bridgehead atoms. The molecule has 4 nitrogen and oxygen atoms in total. The highest BCUT2D eigenvalue weighted by atomic mass is 32.2. The molecule has 1 aliphatic heterocycles. The van der Waals surface area contributed by atoms with E-state index in [9.17, 15) is 9.59 Å². The van der Waals surface area contributed by atoms with Crippen molar-refractivity contribution in [3.05, 3.63) is 35.9 Å². The summed E-state index contributed by atoms with van der Waals surface area (Å²) < 4.78 is 0. The van der Waals surface area contributed by atoms with E-state index in [-0.39, 0.29) is 17.9 Å². The van der Waals surface area contributed by atoms with Gasteiger partial charge in [0.15, 0.2) is 0 Å². The Balaban J connectivity index is 2.05. The summed E-state index contributed by atoms with van der Waals surface area (Å²) in [6.45, 7) is 4.52. The summed E-state index contributed by atoms with van der Waals surface area (Å²) in [6.07, 6.45) is 0.551. The van der Waals surface area contributed by atoms with Crippen LogP contribution in [0.2, 0.25) is 0 Å². The molecule has 0 radical (unpaired) electrons. The van der Waals surface area contributed by atoms with Gasteiger partial charge in [0.1, 0.15) is 12.1 Å². The fourth-order valence-corrected chi connectivity index (χ4v) is 3.10. The summed E-state index contributed by atoms with van der Waals surface area (Å²) in [7, 11) is 0. The number of nitrogens with zero attached hydrogens (tertiary/aromatic N) is 1. The Morgan fingerprint density at radius 2 is 1.95 bits per heavy atom. The second-order valence-electron chi connectivity index (χ2n) is 5.16. The second kappa shape index (κ2) is 7.50. The van der Waals surface area contributed by atoms with E-state index in [4.69, 9.17) is 0 Å². The molecule has 1 N–H and O–H groups in total. The molecule has 1 fully saturated rings. The maximum atomic E-state index is 12.6. The van der Waals surface area contributed by atoms with Crippen LogP contribution in [0.5, 0.6) is 0 Å². The van der Waals surface area contributed by atoms with Crippen LogP contribution in [0.1, 0.15) is 19.4 Å². The van der Waals surface area contributed by atoms with Crippen molar-refractivity contribution in [3.8, 4) is 0 Å². The van der Waals surface area contributed by atoms with Gasteiger partial charge in [0.05, 0.1) is 0 Å². The molecule has 0 aromatic heterocycles. The van der Waals surface area contributed by atoms with E-state index in [1.165, 1.54) is 0 Å². The third-order valence-corrected chi connectivity index (χ3v) is 4.59. The molecule has 1 aromatic rings. The van der Waals surface area contributed by atoms with Crippen LogP contribution in [0.15, 0.2) is 30.3 Å². The molecule has 1 saturated heterocycles. The van der Waals surface area contributed by atoms with Gasteiger partial charge in [0.25, 0.3) is 0 Å². The quantitative estimate of drug-likeness (QED) is 0.814. The second-order valence-corrected chi connectivity index (χ2v) is 6.55. The van der Waals surface area contributed by atoms with E-state index in [1.54, 1.807) is 23.6 Å². The molecule has 0 saturated carbocycles. The molecule has 1 aliphatic rings. The van der Waals surface area contributed by atoms with Gasteiger partial charge in [0, 0.05) is 18.7 Å². The molecule has 2 unspecified atom stereocenters. The molecule has 0 spiro atoms. The van der Waals surface area contributed by atoms with Gasteiger partial charge in [-0.1, -0.05) is 37.3 Å². The minimum Gasteiger partial charge on any atom is -0.342 e. The number of piperazine rings is 1. The molecule has 2 rings (SSSR count). The maximum Gasteiger partial charge on any atom is 0.246 e. The lowest BCUT2D eigenvalue weighted by molar-refractivity contribution is -0.148. The van der Waals surface area contributed by atoms with Crippen LogP contribution in [0.25, 0.3) is 0 Å². The number of hydrogen-bond donors (Lipinski definition) is 1. The Morgan fingerprint density at radius 1 is 1.24 bits per heavy atom. The van der Waals surface area contributed by atoms with Crippen molar-refractivity contribution < 1.29 is 9.59 Å². The Bertz CT molecular complexity index is 492. The Kier molecular flexibility index (Phi) is 5.67. The van der Waals surface area contributed by atoms with E-state index < -0.39 is 6.04 Å². The molecule has 1 heterocycles. The average molecular weight is 306 g/mol. The fourth-order valence-electron chi connectivity index (χ4n) is 2.49. The summed E-state index contributed by atoms with van der Waals surface area (Å²) >= 11 is 1.79. The smallest absolute Gasteiger partial charge is 0.246 e. The van der Waals surface area contributed by atoms with Crippen LogP contribution in [0.3, 0.4) is 0 Å². The van der Waals surface area contributed by atoms with Crippen LogP contribution in [-0.2, 0) is 16.0 Å². The number of carbonyl (C=O) groups excluding carboxylic acids is 2. The summed E-state index contributed by atoms with van der Waals surface area (Å²) in [5.74, 6) is 1.87. The van der Waals surface area contributed by atoms with Crippen molar-refractivity contribution >= 4 is 23.6 Å². The van der Waals surface area contributed by atoms with E-state index in [2.05, 4.69) is 12.2 Å². The lowest BCUT2D eigenvalue weighted by atomic mass is 10.0. The highest BCUT2D eigenvalue weighted by Gasteiger charge is 2.37. The van der Waals surface area contributed by atoms with Crippen LogP contribution in [0.4, 0.5) is 0 Å². The predicted molar refractivity (Wildman–Crippen MR) is 86.3 cm³/mol. The number of hydrogen-bond acceptors (Lipinski definition) is 3. The van der Waals surface area contributed by atoms with Gasteiger partial charge < -0.3 is 10.2 Å². The summed E-state index contributed by atoms with van der Waals surface area (Å²) in [5, 5.41) is 2.85. The lowest BCUT2D eigenvalue weighted by Crippen LogP contribution is -2.63. The first-order valence-electron chi connectivity index (χ1n) is 7.36. The van der Waals surface area contributed by atoms with Gasteiger partial charge in [-0.3, -0.25) is 9.59 Å². The van der Waals surface area contributed by atoms with E-state index in [1.807, 2.05) is 30.3 Å². The zero-order chi connectivity index (χ0) is 15.2. The molecular formula is C16H22N2O2S. The molecule has 2 amide bonds. The maximum absolute atomic E-state index is 12.6. The number of carbonyl (C=O) groups is 2. The van der Waals surface area contributed by atoms with Crippen molar-refractivity contribution in [1.82, 2.24) is 10.2 Å². The SMILES string of the molecule is CCSCCN1C(=O)C(Cc2ccccc2)NC(=O)C1C. The van der Waals surface area contributed by atoms with Crippen LogP contribution in [0, 0.1) is 0 Å². The standard InChI is InChI=1S/C16H22N2O2S/c1-3-21-10-9-18-12(2)15(19)17-14(16(18)20)11-13-7-5-4-6-8-13/h4-8,12,14H,3,9-11H2,1-2H3,(H,17,19). The number of nitrogens with one attached hydrogen (secondary N) is 1. The molecule has 114 valence electrons. The van der Waals surface area contributed by atoms with Gasteiger partial charge in [-0.25, -0.2) is 0 Å². The van der Waals surface area contributed by atoms with Crippen molar-refractivity contribution in [2.75, 3.05) is 18.1 Å². The third kappa shape index (κ3) is 4.00. The summed E-state index contributed by atoms with van der Waals surface area (Å²) in [6, 6.07) is 8.99. The topological polar surface area (TPSA) is 49.4 Å². The molecule has 5 heteroatoms. The Hall–Kier alpha value is -1.49. The Morgan fingerprint density at radius 3 is 2.62 bits per heavy atom. The highest BCUT2D eigenvalue weighted by molar-refractivity contribution is 7.99. The first-order valence-corrected chi connectivity index (χ1v) is 8.51. The number of rotatable bonds is 6. The van der Waals surface area contributed by atoms with Crippen molar-refractivity contribution in [1.29, 1.82) is 0 Å². The average Bonchev–Trinajstić information content (AvgIpc) is 2.49. The first kappa shape index (κ1) is 15.9. The summed E-state index contributed by atoms with van der Waals surface area (Å²) in [4.78, 5) is 26.4. The van der Waals surface area contributed by atoms with Crippen LogP contribution < -0.4 is 5.32 Å². The molecular weight excluding hydrogens is 284 g/mol. The largest absolute Gasteiger partial charge is 0.342 e. The van der Waals surface area contributed by atoms with E-state index >= 15 is 0 Å². The predicted octanol–water partition coefficient (Wildman–Crippen LogP) is 1.70. The third-order valence-electron chi connectivity index (χ3n) is 3.71. The van der Waals surface area contributed by atoms with Crippen molar-refractivity contribution in [2.45, 2.75) is 32.4 Å². The van der Waals surface area contributed by atoms with Crippen LogP contribution in [-0.4, -0.2) is 46.8 Å². The molecule has 1 aromatic carbocycles. The monoisotopic (exact) mass is 306 g/mol. The van der Waals surface area contributed by atoms with Gasteiger partial charge in [-0.15, -0.1) is 0 Å². The van der Waals surface area contributed by atoms with Gasteiger partial charge in [-0.05, 0) is 18.2 Å². The van der Waals surface area contributed by atoms with Crippen LogP contribution >= 0.6 is 11.8 Å². The van der Waals surface area contributed by atoms with Crippen molar-refractivity contribution in [2.24, 2.45) is 0 Å². The lowest BCUT2D eigenvalue weighted by Gasteiger charge is -2.37. The molecule has 21 heavy (non-hydrogen) atoms. The molecule has 0 aliphatic carbocycles. The van der Waals surface area contributed by atoms with Gasteiger partial charge in [0.2, 0.25) is 11.8 Å². The Labute approximate surface area is 130 Å². The number of thioether (sulfide) groups is 1. The van der Waals surface area contributed by atoms with Crippen molar-refractivity contribution in [3.63, 3.8) is 0 Å². The zero-order valence-electron chi connectivity index (χ0n) is 12.5. The number of benzene rings is 1. The minimum atomic E-state index is -0.442. The van der Waals surface area contributed by atoms with Gasteiger partial charge >= 0.3 is 0 Å². The number of amides is 2. The van der Waals surface area contributed by atoms with E-state index in [0.717, 1.165) is 17.1 Å². The fraction of sp³-hybridized carbons (Fsp3) is 0.500. The van der Waals surface area contributed by atoms with E-state index in [0.29, 0.717) is 13.0 Å². The van der Waals surface area contributed by atoms with Gasteiger partial charge in [-0.2, -0.15) is 11.8 Å². The summed E-state index contributed by atoms with van der Waals surface area (Å²) in [5.41, 5.74) is 1.06. The first-order chi connectivity index (χ1) is 10.1. The highest BCUT2D eigenvalue weighted by Crippen LogP contribution is 2.15. The minimum absolute atomic E-state index is 0.0302.